The van der Waals surface area contributed by atoms with Gasteiger partial charge in [-0.3, -0.25) is 9.48 Å². The van der Waals surface area contributed by atoms with Gasteiger partial charge in [0, 0.05) is 43.7 Å². The van der Waals surface area contributed by atoms with E-state index < -0.39 is 29.1 Å². The maximum atomic E-state index is 14.9. The molecule has 0 aliphatic carbocycles. The van der Waals surface area contributed by atoms with Crippen LogP contribution < -0.4 is 4.74 Å². The van der Waals surface area contributed by atoms with Gasteiger partial charge in [0.2, 0.25) is 11.6 Å². The van der Waals surface area contributed by atoms with Crippen molar-refractivity contribution >= 4 is 5.91 Å². The summed E-state index contributed by atoms with van der Waals surface area (Å²) in [7, 11) is 1.77. The van der Waals surface area contributed by atoms with Crippen LogP contribution in [0.15, 0.2) is 55.0 Å². The van der Waals surface area contributed by atoms with E-state index in [4.69, 9.17) is 10.00 Å². The molecule has 3 heterocycles. The molecule has 0 atom stereocenters. The molecule has 1 amide bonds. The van der Waals surface area contributed by atoms with Gasteiger partial charge in [-0.2, -0.15) is 10.4 Å². The van der Waals surface area contributed by atoms with Crippen LogP contribution in [0.5, 0.6) is 11.6 Å². The van der Waals surface area contributed by atoms with Gasteiger partial charge >= 0.3 is 0 Å². The van der Waals surface area contributed by atoms with Gasteiger partial charge in [-0.25, -0.2) is 18.2 Å². The number of amides is 1. The van der Waals surface area contributed by atoms with Crippen LogP contribution in [0.3, 0.4) is 0 Å². The minimum atomic E-state index is -1.10. The predicted octanol–water partition coefficient (Wildman–Crippen LogP) is 4.72. The number of ether oxygens (including phenoxy) is 1. The number of pyridine rings is 1. The number of hydrogen-bond donors (Lipinski definition) is 0. The number of nitriles is 1. The van der Waals surface area contributed by atoms with Gasteiger partial charge in [0.1, 0.15) is 11.4 Å². The smallest absolute Gasteiger partial charge is 0.260 e. The van der Waals surface area contributed by atoms with Gasteiger partial charge in [-0.1, -0.05) is 12.1 Å². The van der Waals surface area contributed by atoms with Gasteiger partial charge in [0.25, 0.3) is 5.91 Å². The molecule has 0 N–H and O–H groups in total. The van der Waals surface area contributed by atoms with Crippen molar-refractivity contribution in [1.82, 2.24) is 19.7 Å². The van der Waals surface area contributed by atoms with E-state index in [0.717, 1.165) is 17.7 Å². The number of carbonyl (C=O) groups excluding carboxylic acids is 1. The Balaban J connectivity index is 1.39. The summed E-state index contributed by atoms with van der Waals surface area (Å²) in [6.07, 6.45) is 4.75. The number of nitrogens with zero attached hydrogens (tertiary/aromatic N) is 5. The number of aromatic nitrogens is 3. The maximum Gasteiger partial charge on any atom is 0.260 e. The summed E-state index contributed by atoms with van der Waals surface area (Å²) in [5.74, 6) is -4.23. The molecule has 1 aliphatic heterocycles. The second-order valence-electron chi connectivity index (χ2n) is 8.00. The second-order valence-corrected chi connectivity index (χ2v) is 8.00. The fraction of sp³-hybridized carbons (Fsp3) is 0.120. The number of benzene rings is 2. The van der Waals surface area contributed by atoms with Crippen molar-refractivity contribution in [2.45, 2.75) is 13.1 Å². The Morgan fingerprint density at radius 3 is 2.51 bits per heavy atom. The Morgan fingerprint density at radius 1 is 1.09 bits per heavy atom. The van der Waals surface area contributed by atoms with Crippen molar-refractivity contribution in [3.8, 4) is 28.8 Å². The van der Waals surface area contributed by atoms with Gasteiger partial charge < -0.3 is 9.64 Å². The number of rotatable bonds is 5. The van der Waals surface area contributed by atoms with Crippen LogP contribution in [0.1, 0.15) is 27.0 Å². The molecule has 5 rings (SSSR count). The Hall–Kier alpha value is -4.65. The third-order valence-electron chi connectivity index (χ3n) is 5.64. The minimum Gasteiger partial charge on any atom is -0.432 e. The van der Waals surface area contributed by atoms with E-state index in [1.54, 1.807) is 48.4 Å². The quantitative estimate of drug-likeness (QED) is 0.417. The topological polar surface area (TPSA) is 84.0 Å². The fourth-order valence-electron chi connectivity index (χ4n) is 3.93. The van der Waals surface area contributed by atoms with Crippen molar-refractivity contribution in [3.63, 3.8) is 0 Å². The lowest BCUT2D eigenvalue weighted by atomic mass is 10.1. The summed E-state index contributed by atoms with van der Waals surface area (Å²) >= 11 is 0. The monoisotopic (exact) mass is 475 g/mol. The van der Waals surface area contributed by atoms with Crippen molar-refractivity contribution in [3.05, 3.63) is 94.7 Å². The molecule has 0 radical (unpaired) electrons. The Kier molecular flexibility index (Phi) is 5.45. The normalized spacial score (nSPS) is 12.5. The van der Waals surface area contributed by atoms with Crippen LogP contribution in [0, 0.1) is 28.8 Å². The first kappa shape index (κ1) is 22.2. The van der Waals surface area contributed by atoms with E-state index in [2.05, 4.69) is 10.1 Å². The molecule has 2 aromatic heterocycles. The molecule has 10 heteroatoms. The highest BCUT2D eigenvalue weighted by molar-refractivity contribution is 6.00. The molecule has 174 valence electrons. The first-order valence-corrected chi connectivity index (χ1v) is 10.5. The number of carbonyl (C=O) groups is 1. The van der Waals surface area contributed by atoms with E-state index >= 15 is 0 Å². The van der Waals surface area contributed by atoms with Gasteiger partial charge in [0.15, 0.2) is 11.6 Å². The van der Waals surface area contributed by atoms with Crippen LogP contribution in [-0.4, -0.2) is 25.6 Å². The fourth-order valence-corrected chi connectivity index (χ4v) is 3.93. The maximum absolute atomic E-state index is 14.9. The van der Waals surface area contributed by atoms with Crippen molar-refractivity contribution in [2.75, 3.05) is 0 Å². The van der Waals surface area contributed by atoms with Gasteiger partial charge in [-0.15, -0.1) is 0 Å². The van der Waals surface area contributed by atoms with Crippen LogP contribution >= 0.6 is 0 Å². The highest BCUT2D eigenvalue weighted by Crippen LogP contribution is 2.35. The summed E-state index contributed by atoms with van der Waals surface area (Å²) < 4.78 is 50.4. The third-order valence-corrected chi connectivity index (χ3v) is 5.64. The molecule has 4 aromatic rings. The van der Waals surface area contributed by atoms with Crippen LogP contribution in [-0.2, 0) is 20.1 Å². The van der Waals surface area contributed by atoms with E-state index in [-0.39, 0.29) is 30.1 Å². The molecule has 0 unspecified atom stereocenters. The molecule has 0 fully saturated rings. The van der Waals surface area contributed by atoms with E-state index in [9.17, 15) is 18.0 Å². The first-order valence-electron chi connectivity index (χ1n) is 10.5. The average molecular weight is 475 g/mol. The standard InChI is InChI=1S/C25H16F3N5O2/c1-32-11-18(10-31-32)15-2-3-16(19(26)8-15)12-33-13-17-4-5-30-24(22(17)25(33)34)35-23-20(27)6-14(9-29)7-21(23)28/h2-8,10-11H,12-13H2,1H3. The zero-order chi connectivity index (χ0) is 24.7. The van der Waals surface area contributed by atoms with Crippen molar-refractivity contribution in [2.24, 2.45) is 7.05 Å². The Bertz CT molecular complexity index is 1500. The SMILES string of the molecule is Cn1cc(-c2ccc(CN3Cc4ccnc(Oc5c(F)cc(C#N)cc5F)c4C3=O)c(F)c2)cn1. The predicted molar refractivity (Wildman–Crippen MR) is 118 cm³/mol. The zero-order valence-corrected chi connectivity index (χ0v) is 18.3. The molecule has 1 aliphatic rings. The van der Waals surface area contributed by atoms with Crippen molar-refractivity contribution in [1.29, 1.82) is 5.26 Å². The summed E-state index contributed by atoms with van der Waals surface area (Å²) in [5.41, 5.74) is 2.08. The molecule has 35 heavy (non-hydrogen) atoms. The minimum absolute atomic E-state index is 0.0221. The summed E-state index contributed by atoms with van der Waals surface area (Å²) in [5, 5.41) is 12.9. The third kappa shape index (κ3) is 4.08. The number of halogens is 3. The molecular formula is C25H16F3N5O2. The summed E-state index contributed by atoms with van der Waals surface area (Å²) in [6, 6.07) is 9.62. The van der Waals surface area contributed by atoms with Crippen LogP contribution in [0.2, 0.25) is 0 Å². The average Bonchev–Trinajstić information content (AvgIpc) is 3.41. The van der Waals surface area contributed by atoms with Gasteiger partial charge in [-0.05, 0) is 35.4 Å². The molecule has 7 nitrogen and oxygen atoms in total. The van der Waals surface area contributed by atoms with Gasteiger partial charge in [0.05, 0.1) is 17.8 Å². The number of aryl methyl sites for hydroxylation is 1. The summed E-state index contributed by atoms with van der Waals surface area (Å²) in [6.45, 7) is 0.126. The molecule has 0 bridgehead atoms. The largest absolute Gasteiger partial charge is 0.432 e. The lowest BCUT2D eigenvalue weighted by Crippen LogP contribution is -2.24. The second kappa shape index (κ2) is 8.61. The lowest BCUT2D eigenvalue weighted by molar-refractivity contribution is 0.0762. The molecule has 2 aromatic carbocycles. The van der Waals surface area contributed by atoms with E-state index in [1.165, 1.54) is 17.2 Å². The van der Waals surface area contributed by atoms with E-state index in [1.807, 2.05) is 0 Å². The van der Waals surface area contributed by atoms with E-state index in [0.29, 0.717) is 16.7 Å². The molecular weight excluding hydrogens is 459 g/mol. The van der Waals surface area contributed by atoms with Crippen LogP contribution in [0.25, 0.3) is 11.1 Å². The highest BCUT2D eigenvalue weighted by atomic mass is 19.1. The lowest BCUT2D eigenvalue weighted by Gasteiger charge is -2.16. The van der Waals surface area contributed by atoms with Crippen molar-refractivity contribution < 1.29 is 22.7 Å². The molecule has 0 spiro atoms. The molecule has 0 saturated heterocycles. The molecule has 0 saturated carbocycles. The van der Waals surface area contributed by atoms with Crippen LogP contribution in [0.4, 0.5) is 13.2 Å². The Labute approximate surface area is 197 Å². The number of hydrogen-bond acceptors (Lipinski definition) is 5. The zero-order valence-electron chi connectivity index (χ0n) is 18.3. The Morgan fingerprint density at radius 2 is 1.86 bits per heavy atom. The highest BCUT2D eigenvalue weighted by Gasteiger charge is 2.33. The first-order chi connectivity index (χ1) is 16.8. The number of fused-ring (bicyclic) bond motifs is 1. The summed E-state index contributed by atoms with van der Waals surface area (Å²) in [4.78, 5) is 18.5.